The molecule has 8 heteroatoms. The Labute approximate surface area is 126 Å². The first-order valence-electron chi connectivity index (χ1n) is 6.32. The smallest absolute Gasteiger partial charge is 0.328 e. The Bertz CT molecular complexity index is 738. The number of halogens is 1. The van der Waals surface area contributed by atoms with Crippen molar-refractivity contribution in [3.05, 3.63) is 45.1 Å². The first kappa shape index (κ1) is 16.9. The molecule has 0 atom stereocenters. The number of carbonyl (C=O) groups excluding carboxylic acids is 1. The summed E-state index contributed by atoms with van der Waals surface area (Å²) in [6, 6.07) is 6.79. The molecule has 0 bridgehead atoms. The van der Waals surface area contributed by atoms with Crippen LogP contribution in [0.1, 0.15) is 6.42 Å². The van der Waals surface area contributed by atoms with Crippen LogP contribution in [0.4, 0.5) is 0 Å². The molecule has 0 unspecified atom stereocenters. The number of aromatic amines is 1. The highest BCUT2D eigenvalue weighted by Gasteiger charge is 2.08. The van der Waals surface area contributed by atoms with E-state index in [0.717, 1.165) is 0 Å². The molecule has 1 amide bonds. The third-order valence-electron chi connectivity index (χ3n) is 2.93. The molecule has 0 aliphatic heterocycles. The predicted molar refractivity (Wildman–Crippen MR) is 82.8 cm³/mol. The molecule has 0 fully saturated rings. The largest absolute Gasteiger partial charge is 0.355 e. The van der Waals surface area contributed by atoms with Crippen molar-refractivity contribution in [3.8, 4) is 0 Å². The van der Waals surface area contributed by atoms with Gasteiger partial charge in [-0.15, -0.1) is 12.4 Å². The molecule has 4 N–H and O–H groups in total. The number of hydrogen-bond donors (Lipinski definition) is 3. The lowest BCUT2D eigenvalue weighted by molar-refractivity contribution is -0.121. The van der Waals surface area contributed by atoms with Gasteiger partial charge in [-0.1, -0.05) is 12.1 Å². The van der Waals surface area contributed by atoms with Crippen LogP contribution < -0.4 is 22.3 Å². The minimum atomic E-state index is -0.514. The number of aromatic nitrogens is 2. The van der Waals surface area contributed by atoms with Gasteiger partial charge in [0.25, 0.3) is 5.56 Å². The molecule has 114 valence electrons. The summed E-state index contributed by atoms with van der Waals surface area (Å²) in [5.74, 6) is -0.183. The van der Waals surface area contributed by atoms with Crippen molar-refractivity contribution in [2.45, 2.75) is 13.0 Å². The fourth-order valence-corrected chi connectivity index (χ4v) is 1.98. The number of H-pyrrole nitrogens is 1. The number of nitrogens with one attached hydrogen (secondary N) is 2. The van der Waals surface area contributed by atoms with Crippen LogP contribution in [-0.2, 0) is 11.3 Å². The maximum Gasteiger partial charge on any atom is 0.328 e. The van der Waals surface area contributed by atoms with E-state index in [9.17, 15) is 14.4 Å². The highest BCUT2D eigenvalue weighted by atomic mass is 35.5. The van der Waals surface area contributed by atoms with Gasteiger partial charge in [0.2, 0.25) is 5.91 Å². The number of benzene rings is 1. The molecule has 2 rings (SSSR count). The predicted octanol–water partition coefficient (Wildman–Crippen LogP) is -0.423. The van der Waals surface area contributed by atoms with Crippen LogP contribution in [0, 0.1) is 0 Å². The zero-order valence-electron chi connectivity index (χ0n) is 11.3. The van der Waals surface area contributed by atoms with Gasteiger partial charge in [-0.05, 0) is 12.1 Å². The Morgan fingerprint density at radius 1 is 1.29 bits per heavy atom. The molecule has 7 nitrogen and oxygen atoms in total. The Morgan fingerprint density at radius 2 is 2.00 bits per heavy atom. The summed E-state index contributed by atoms with van der Waals surface area (Å²) in [6.07, 6.45) is 0.149. The van der Waals surface area contributed by atoms with E-state index in [0.29, 0.717) is 24.0 Å². The lowest BCUT2D eigenvalue weighted by Gasteiger charge is -2.09. The van der Waals surface area contributed by atoms with E-state index in [2.05, 4.69) is 10.3 Å². The highest BCUT2D eigenvalue weighted by molar-refractivity contribution is 5.85. The zero-order chi connectivity index (χ0) is 14.5. The van der Waals surface area contributed by atoms with E-state index in [-0.39, 0.29) is 31.3 Å². The maximum atomic E-state index is 11.8. The molecule has 0 spiro atoms. The summed E-state index contributed by atoms with van der Waals surface area (Å²) in [5, 5.41) is 3.06. The number of fused-ring (bicyclic) bond motifs is 1. The van der Waals surface area contributed by atoms with Crippen LogP contribution in [0.3, 0.4) is 0 Å². The molecular formula is C13H17ClN4O3. The number of hydrogen-bond acceptors (Lipinski definition) is 4. The fourth-order valence-electron chi connectivity index (χ4n) is 1.98. The minimum Gasteiger partial charge on any atom is -0.355 e. The summed E-state index contributed by atoms with van der Waals surface area (Å²) < 4.78 is 1.39. The molecule has 21 heavy (non-hydrogen) atoms. The van der Waals surface area contributed by atoms with E-state index < -0.39 is 11.2 Å². The zero-order valence-corrected chi connectivity index (χ0v) is 12.1. The molecule has 2 aromatic rings. The van der Waals surface area contributed by atoms with Gasteiger partial charge in [0.15, 0.2) is 0 Å². The second-order valence-electron chi connectivity index (χ2n) is 4.32. The fraction of sp³-hybridized carbons (Fsp3) is 0.308. The van der Waals surface area contributed by atoms with E-state index in [1.54, 1.807) is 24.3 Å². The number of carbonyl (C=O) groups is 1. The molecule has 0 saturated heterocycles. The molecule has 1 aromatic carbocycles. The highest BCUT2D eigenvalue weighted by Crippen LogP contribution is 2.06. The topological polar surface area (TPSA) is 110 Å². The average molecular weight is 313 g/mol. The van der Waals surface area contributed by atoms with Gasteiger partial charge in [-0.3, -0.25) is 19.1 Å². The van der Waals surface area contributed by atoms with Gasteiger partial charge in [0.05, 0.1) is 10.9 Å². The van der Waals surface area contributed by atoms with Crippen molar-refractivity contribution in [1.82, 2.24) is 14.9 Å². The first-order valence-corrected chi connectivity index (χ1v) is 6.32. The van der Waals surface area contributed by atoms with Gasteiger partial charge in [-0.25, -0.2) is 4.79 Å². The van der Waals surface area contributed by atoms with Crippen molar-refractivity contribution in [2.24, 2.45) is 5.73 Å². The number of rotatable bonds is 5. The Morgan fingerprint density at radius 3 is 2.71 bits per heavy atom. The monoisotopic (exact) mass is 312 g/mol. The summed E-state index contributed by atoms with van der Waals surface area (Å²) in [7, 11) is 0. The van der Waals surface area contributed by atoms with Crippen molar-refractivity contribution in [2.75, 3.05) is 13.1 Å². The Balaban J connectivity index is 0.00000220. The molecule has 0 radical (unpaired) electrons. The average Bonchev–Trinajstić information content (AvgIpc) is 2.45. The number of nitrogens with two attached hydrogens (primary N) is 1. The molecule has 1 aromatic heterocycles. The van der Waals surface area contributed by atoms with Gasteiger partial charge in [0, 0.05) is 26.1 Å². The van der Waals surface area contributed by atoms with Gasteiger partial charge >= 0.3 is 5.69 Å². The normalized spacial score (nSPS) is 10.1. The van der Waals surface area contributed by atoms with Crippen molar-refractivity contribution in [3.63, 3.8) is 0 Å². The quantitative estimate of drug-likeness (QED) is 0.696. The van der Waals surface area contributed by atoms with Crippen molar-refractivity contribution < 1.29 is 4.79 Å². The lowest BCUT2D eigenvalue weighted by atomic mass is 10.2. The Hall–Kier alpha value is -2.12. The summed E-state index contributed by atoms with van der Waals surface area (Å²) in [6.45, 7) is 0.972. The summed E-state index contributed by atoms with van der Waals surface area (Å²) >= 11 is 0. The van der Waals surface area contributed by atoms with Gasteiger partial charge in [-0.2, -0.15) is 0 Å². The molecule has 1 heterocycles. The Kier molecular flexibility index (Phi) is 6.13. The van der Waals surface area contributed by atoms with Crippen LogP contribution in [0.5, 0.6) is 0 Å². The van der Waals surface area contributed by atoms with Gasteiger partial charge < -0.3 is 11.1 Å². The summed E-state index contributed by atoms with van der Waals surface area (Å²) in [4.78, 5) is 37.3. The molecular weight excluding hydrogens is 296 g/mol. The number of nitrogens with zero attached hydrogens (tertiary/aromatic N) is 1. The number of para-hydroxylation sites is 1. The third-order valence-corrected chi connectivity index (χ3v) is 2.93. The number of aryl methyl sites for hydroxylation is 1. The standard InChI is InChI=1S/C13H16N4O3.ClH/c14-6-7-15-11(18)5-8-17-10-4-2-1-3-9(10)12(19)16-13(17)20;/h1-4H,5-8,14H2,(H,15,18)(H,16,19,20);1H. The molecule has 0 saturated carbocycles. The number of amides is 1. The van der Waals surface area contributed by atoms with Crippen LogP contribution >= 0.6 is 12.4 Å². The molecule has 0 aliphatic rings. The third kappa shape index (κ3) is 3.93. The van der Waals surface area contributed by atoms with E-state index in [4.69, 9.17) is 5.73 Å². The second-order valence-corrected chi connectivity index (χ2v) is 4.32. The molecule has 0 aliphatic carbocycles. The van der Waals surface area contributed by atoms with E-state index in [1.165, 1.54) is 4.57 Å². The second kappa shape index (κ2) is 7.61. The van der Waals surface area contributed by atoms with E-state index >= 15 is 0 Å². The maximum absolute atomic E-state index is 11.8. The lowest BCUT2D eigenvalue weighted by Crippen LogP contribution is -2.33. The van der Waals surface area contributed by atoms with Gasteiger partial charge in [0.1, 0.15) is 0 Å². The summed E-state index contributed by atoms with van der Waals surface area (Å²) in [5.41, 5.74) is 4.88. The van der Waals surface area contributed by atoms with E-state index in [1.807, 2.05) is 0 Å². The van der Waals surface area contributed by atoms with Crippen LogP contribution in [-0.4, -0.2) is 28.5 Å². The SMILES string of the molecule is Cl.NCCNC(=O)CCn1c(=O)[nH]c(=O)c2ccccc21. The van der Waals surface area contributed by atoms with Crippen LogP contribution in [0.25, 0.3) is 10.9 Å². The minimum absolute atomic E-state index is 0. The first-order chi connectivity index (χ1) is 9.63. The van der Waals surface area contributed by atoms with Crippen molar-refractivity contribution >= 4 is 29.2 Å². The van der Waals surface area contributed by atoms with Crippen molar-refractivity contribution in [1.29, 1.82) is 0 Å². The van der Waals surface area contributed by atoms with Crippen LogP contribution in [0.2, 0.25) is 0 Å². The van der Waals surface area contributed by atoms with Crippen LogP contribution in [0.15, 0.2) is 33.9 Å².